The van der Waals surface area contributed by atoms with Crippen LogP contribution >= 0.6 is 23.5 Å². The Kier molecular flexibility index (Phi) is 9.87. The molecule has 0 aromatic heterocycles. The van der Waals surface area contributed by atoms with Crippen LogP contribution in [-0.4, -0.2) is 67.1 Å². The van der Waals surface area contributed by atoms with Gasteiger partial charge in [0, 0.05) is 57.3 Å². The first-order valence-corrected chi connectivity index (χ1v) is 27.2. The summed E-state index contributed by atoms with van der Waals surface area (Å²) in [7, 11) is 0. The van der Waals surface area contributed by atoms with E-state index >= 15 is 0 Å². The third kappa shape index (κ3) is 6.24. The molecule has 6 aliphatic carbocycles. The molecule has 3 nitrogen and oxygen atoms in total. The average molecular weight is 834 g/mol. The number of nitriles is 1. The highest BCUT2D eigenvalue weighted by atomic mass is 32.2. The van der Waals surface area contributed by atoms with E-state index in [-0.39, 0.29) is 0 Å². The lowest BCUT2D eigenvalue weighted by atomic mass is 9.69. The van der Waals surface area contributed by atoms with Crippen LogP contribution in [-0.2, 0) is 0 Å². The molecule has 4 aliphatic heterocycles. The van der Waals surface area contributed by atoms with Crippen molar-refractivity contribution in [1.82, 2.24) is 9.80 Å². The van der Waals surface area contributed by atoms with Crippen molar-refractivity contribution in [1.29, 1.82) is 5.26 Å². The predicted molar refractivity (Wildman–Crippen MR) is 251 cm³/mol. The maximum atomic E-state index is 10.4. The van der Waals surface area contributed by atoms with Gasteiger partial charge in [-0.3, -0.25) is 9.80 Å². The molecule has 0 N–H and O–H groups in total. The molecule has 10 aliphatic rings. The second-order valence-corrected chi connectivity index (χ2v) is 24.8. The van der Waals surface area contributed by atoms with E-state index in [2.05, 4.69) is 106 Å². The smallest absolute Gasteiger partial charge is 0.0992 e. The average Bonchev–Trinajstić information content (AvgIpc) is 3.83. The highest BCUT2D eigenvalue weighted by molar-refractivity contribution is 8.00. The van der Waals surface area contributed by atoms with E-state index in [1.54, 1.807) is 11.1 Å². The van der Waals surface area contributed by atoms with Crippen molar-refractivity contribution in [3.8, 4) is 28.3 Å². The minimum atomic E-state index is 0.649. The molecule has 5 heteroatoms. The molecule has 13 rings (SSSR count). The number of rotatable bonds is 4. The fraction of sp³-hybridized carbons (Fsp3) is 0.655. The molecule has 60 heavy (non-hydrogen) atoms. The molecule has 0 radical (unpaired) electrons. The Labute approximate surface area is 369 Å². The summed E-state index contributed by atoms with van der Waals surface area (Å²) in [4.78, 5) is 6.41. The molecule has 4 saturated heterocycles. The molecule has 0 amide bonds. The molecule has 314 valence electrons. The van der Waals surface area contributed by atoms with Gasteiger partial charge in [-0.1, -0.05) is 87.1 Å². The zero-order valence-corrected chi connectivity index (χ0v) is 37.5. The SMILES string of the molecule is N#Cc1cc(-c2cccc(C3CCC4C(C3)C3CCCC5SC6CCCCC6N4C53)c2)cc(-c2cccc(C3CCC4C(C3)C3CCCC5SC6CCCCC6N4C53)c2)c1. The third-order valence-electron chi connectivity index (χ3n) is 19.2. The van der Waals surface area contributed by atoms with Crippen LogP contribution in [0.15, 0.2) is 66.7 Å². The molecule has 6 saturated carbocycles. The second-order valence-electron chi connectivity index (χ2n) is 21.8. The molecule has 16 atom stereocenters. The zero-order valence-electron chi connectivity index (χ0n) is 35.9. The Bertz CT molecular complexity index is 2000. The van der Waals surface area contributed by atoms with Crippen molar-refractivity contribution >= 4 is 23.5 Å². The molecular formula is C55H67N3S2. The maximum absolute atomic E-state index is 10.4. The summed E-state index contributed by atoms with van der Waals surface area (Å²) < 4.78 is 0. The van der Waals surface area contributed by atoms with Crippen LogP contribution in [0, 0.1) is 35.0 Å². The van der Waals surface area contributed by atoms with Crippen molar-refractivity contribution in [2.24, 2.45) is 23.7 Å². The van der Waals surface area contributed by atoms with E-state index in [1.165, 1.54) is 151 Å². The van der Waals surface area contributed by atoms with Crippen LogP contribution in [0.5, 0.6) is 0 Å². The first-order chi connectivity index (χ1) is 29.7. The Morgan fingerprint density at radius 1 is 0.433 bits per heavy atom. The number of benzene rings is 3. The lowest BCUT2D eigenvalue weighted by Gasteiger charge is -2.53. The lowest BCUT2D eigenvalue weighted by molar-refractivity contribution is 0.0606. The summed E-state index contributed by atoms with van der Waals surface area (Å²) in [5.74, 6) is 4.87. The van der Waals surface area contributed by atoms with E-state index in [4.69, 9.17) is 0 Å². The van der Waals surface area contributed by atoms with Crippen LogP contribution in [0.1, 0.15) is 157 Å². The summed E-state index contributed by atoms with van der Waals surface area (Å²) >= 11 is 4.89. The summed E-state index contributed by atoms with van der Waals surface area (Å²) in [6.45, 7) is 0. The summed E-state index contributed by atoms with van der Waals surface area (Å²) in [6.07, 6.45) is 28.6. The largest absolute Gasteiger partial charge is 0.292 e. The highest BCUT2D eigenvalue weighted by Crippen LogP contribution is 2.61. The first-order valence-electron chi connectivity index (χ1n) is 25.3. The van der Waals surface area contributed by atoms with Gasteiger partial charge < -0.3 is 0 Å². The van der Waals surface area contributed by atoms with Crippen molar-refractivity contribution in [2.75, 3.05) is 0 Å². The Balaban J connectivity index is 0.750. The topological polar surface area (TPSA) is 30.3 Å². The minimum absolute atomic E-state index is 0.649. The van der Waals surface area contributed by atoms with Crippen LogP contribution in [0.25, 0.3) is 22.3 Å². The van der Waals surface area contributed by atoms with E-state index < -0.39 is 0 Å². The fourth-order valence-electron chi connectivity index (χ4n) is 17.0. The van der Waals surface area contributed by atoms with Crippen LogP contribution in [0.4, 0.5) is 0 Å². The van der Waals surface area contributed by atoms with E-state index in [0.29, 0.717) is 11.8 Å². The molecule has 10 fully saturated rings. The monoisotopic (exact) mass is 833 g/mol. The fourth-order valence-corrected chi connectivity index (χ4v) is 21.0. The van der Waals surface area contributed by atoms with Gasteiger partial charge >= 0.3 is 0 Å². The normalized spacial score (nSPS) is 43.0. The van der Waals surface area contributed by atoms with E-state index in [9.17, 15) is 5.26 Å². The molecule has 3 aromatic rings. The Morgan fingerprint density at radius 3 is 1.42 bits per heavy atom. The zero-order chi connectivity index (χ0) is 39.5. The van der Waals surface area contributed by atoms with Gasteiger partial charge in [-0.2, -0.15) is 28.8 Å². The number of thioether (sulfide) groups is 2. The van der Waals surface area contributed by atoms with Crippen molar-refractivity contribution in [3.05, 3.63) is 83.4 Å². The van der Waals surface area contributed by atoms with Gasteiger partial charge in [0.1, 0.15) is 0 Å². The number of nitrogens with zero attached hydrogens (tertiary/aromatic N) is 3. The number of hydrogen-bond acceptors (Lipinski definition) is 5. The van der Waals surface area contributed by atoms with E-state index in [1.807, 2.05) is 0 Å². The standard InChI is InChI=1S/C55H67N3S2/c56-32-33-25-40(36-11-5-9-34(27-36)38-21-23-46-44(30-38)42-13-7-19-52-54(42)57(46)48-15-1-3-17-50(48)59-52)29-41(26-33)37-12-6-10-35(28-37)39-22-24-47-45(31-39)43-14-8-20-53-55(43)58(47)49-16-2-4-18-51(49)60-53/h5-6,9-12,25-29,38-39,42-55H,1-4,7-8,13-24,30-31H2. The van der Waals surface area contributed by atoms with Crippen molar-refractivity contribution < 1.29 is 0 Å². The second kappa shape index (κ2) is 15.5. The number of fused-ring (bicyclic) bond motifs is 10. The van der Waals surface area contributed by atoms with Gasteiger partial charge in [0.2, 0.25) is 0 Å². The molecule has 0 bridgehead atoms. The molecule has 0 spiro atoms. The summed E-state index contributed by atoms with van der Waals surface area (Å²) in [5, 5.41) is 14.0. The highest BCUT2D eigenvalue weighted by Gasteiger charge is 2.61. The molecular weight excluding hydrogens is 767 g/mol. The summed E-state index contributed by atoms with van der Waals surface area (Å²) in [6, 6.07) is 33.6. The van der Waals surface area contributed by atoms with Gasteiger partial charge in [-0.25, -0.2) is 0 Å². The van der Waals surface area contributed by atoms with Crippen LogP contribution in [0.2, 0.25) is 0 Å². The van der Waals surface area contributed by atoms with Crippen LogP contribution in [0.3, 0.4) is 0 Å². The Hall–Kier alpha value is -2.23. The minimum Gasteiger partial charge on any atom is -0.292 e. The van der Waals surface area contributed by atoms with Gasteiger partial charge in [0.25, 0.3) is 0 Å². The molecule has 16 unspecified atom stereocenters. The lowest BCUT2D eigenvalue weighted by Crippen LogP contribution is -2.59. The van der Waals surface area contributed by atoms with Crippen LogP contribution < -0.4 is 0 Å². The van der Waals surface area contributed by atoms with E-state index in [0.717, 1.165) is 86.5 Å². The van der Waals surface area contributed by atoms with Crippen molar-refractivity contribution in [2.45, 2.75) is 198 Å². The number of hydrogen-bond donors (Lipinski definition) is 0. The van der Waals surface area contributed by atoms with Gasteiger partial charge in [0.15, 0.2) is 0 Å². The predicted octanol–water partition coefficient (Wildman–Crippen LogP) is 13.2. The first kappa shape index (κ1) is 38.2. The maximum Gasteiger partial charge on any atom is 0.0992 e. The van der Waals surface area contributed by atoms with Gasteiger partial charge in [0.05, 0.1) is 11.6 Å². The van der Waals surface area contributed by atoms with Crippen molar-refractivity contribution in [3.63, 3.8) is 0 Å². The van der Waals surface area contributed by atoms with Gasteiger partial charge in [-0.05, 0) is 177 Å². The third-order valence-corrected chi connectivity index (χ3v) is 22.7. The molecule has 4 heterocycles. The van der Waals surface area contributed by atoms with Gasteiger partial charge in [-0.15, -0.1) is 0 Å². The Morgan fingerprint density at radius 2 is 0.917 bits per heavy atom. The summed E-state index contributed by atoms with van der Waals surface area (Å²) in [5.41, 5.74) is 8.83. The molecule has 3 aromatic carbocycles. The quantitative estimate of drug-likeness (QED) is 0.261.